The maximum absolute atomic E-state index is 5.65. The normalized spacial score (nSPS) is 12.0. The van der Waals surface area contributed by atoms with Gasteiger partial charge in [0.05, 0.1) is 0 Å². The predicted octanol–water partition coefficient (Wildman–Crippen LogP) is 2.30. The van der Waals surface area contributed by atoms with Crippen LogP contribution in [-0.4, -0.2) is 20.2 Å². The summed E-state index contributed by atoms with van der Waals surface area (Å²) < 4.78 is -0.0340. The van der Waals surface area contributed by atoms with Gasteiger partial charge in [-0.3, -0.25) is 0 Å². The molecule has 4 nitrogen and oxygen atoms in total. The van der Waals surface area contributed by atoms with Crippen molar-refractivity contribution in [3.8, 4) is 0 Å². The Morgan fingerprint density at radius 3 is 2.62 bits per heavy atom. The van der Waals surface area contributed by atoms with Crippen LogP contribution >= 0.6 is 34.8 Å². The van der Waals surface area contributed by atoms with E-state index in [4.69, 9.17) is 34.8 Å². The lowest BCUT2D eigenvalue weighted by Gasteiger charge is -2.09. The van der Waals surface area contributed by atoms with Crippen LogP contribution in [0.1, 0.15) is 25.6 Å². The minimum Gasteiger partial charge on any atom is -0.226 e. The van der Waals surface area contributed by atoms with E-state index < -0.39 is 3.79 Å². The van der Waals surface area contributed by atoms with Crippen LogP contribution in [0.4, 0.5) is 0 Å². The molecule has 0 aliphatic heterocycles. The highest BCUT2D eigenvalue weighted by atomic mass is 35.6. The fraction of sp³-hybridized carbons (Fsp3) is 0.833. The van der Waals surface area contributed by atoms with Crippen molar-refractivity contribution in [3.63, 3.8) is 0 Å². The van der Waals surface area contributed by atoms with Crippen LogP contribution < -0.4 is 0 Å². The van der Waals surface area contributed by atoms with Gasteiger partial charge in [0.15, 0.2) is 0 Å². The van der Waals surface area contributed by atoms with Crippen LogP contribution in [0.2, 0.25) is 0 Å². The molecule has 0 saturated carbocycles. The van der Waals surface area contributed by atoms with Gasteiger partial charge in [-0.05, 0) is 16.8 Å². The monoisotopic (exact) mass is 242 g/mol. The molecule has 0 aliphatic carbocycles. The average molecular weight is 244 g/mol. The lowest BCUT2D eigenvalue weighted by Crippen LogP contribution is -2.13. The maximum atomic E-state index is 5.65. The van der Waals surface area contributed by atoms with Crippen molar-refractivity contribution in [3.05, 3.63) is 5.82 Å². The number of aromatic nitrogens is 4. The second kappa shape index (κ2) is 4.44. The first-order valence-corrected chi connectivity index (χ1v) is 5.02. The molecule has 0 amide bonds. The Morgan fingerprint density at radius 1 is 1.38 bits per heavy atom. The molecule has 1 heterocycles. The Bertz CT molecular complexity index is 267. The molecular formula is C6H9Cl3N4. The molecule has 0 N–H and O–H groups in total. The minimum atomic E-state index is -1.54. The maximum Gasteiger partial charge on any atom is 0.251 e. The highest BCUT2D eigenvalue weighted by Gasteiger charge is 2.30. The molecule has 74 valence electrons. The van der Waals surface area contributed by atoms with Gasteiger partial charge in [0.1, 0.15) is 0 Å². The number of unbranched alkanes of at least 4 members (excludes halogenated alkanes) is 1. The van der Waals surface area contributed by atoms with E-state index in [2.05, 4.69) is 22.4 Å². The van der Waals surface area contributed by atoms with Crippen LogP contribution in [0.15, 0.2) is 0 Å². The minimum absolute atomic E-state index is 0.269. The molecule has 1 aromatic heterocycles. The number of aryl methyl sites for hydroxylation is 1. The fourth-order valence-corrected chi connectivity index (χ4v) is 1.27. The van der Waals surface area contributed by atoms with Crippen LogP contribution in [0.25, 0.3) is 0 Å². The van der Waals surface area contributed by atoms with Crippen molar-refractivity contribution in [1.29, 1.82) is 0 Å². The Labute approximate surface area is 91.1 Å². The van der Waals surface area contributed by atoms with Crippen molar-refractivity contribution in [1.82, 2.24) is 20.2 Å². The third kappa shape index (κ3) is 2.97. The molecule has 0 atom stereocenters. The molecule has 0 radical (unpaired) electrons. The van der Waals surface area contributed by atoms with Crippen molar-refractivity contribution >= 4 is 34.8 Å². The number of halogens is 3. The van der Waals surface area contributed by atoms with Gasteiger partial charge in [-0.15, -0.1) is 5.10 Å². The summed E-state index contributed by atoms with van der Waals surface area (Å²) in [6, 6.07) is 0. The van der Waals surface area contributed by atoms with Gasteiger partial charge in [0, 0.05) is 6.54 Å². The second-order valence-corrected chi connectivity index (χ2v) is 4.86. The summed E-state index contributed by atoms with van der Waals surface area (Å²) in [4.78, 5) is 0. The van der Waals surface area contributed by atoms with Gasteiger partial charge in [-0.2, -0.15) is 0 Å². The number of rotatable bonds is 3. The number of alkyl halides is 3. The van der Waals surface area contributed by atoms with E-state index in [1.807, 2.05) is 0 Å². The van der Waals surface area contributed by atoms with Crippen LogP contribution in [-0.2, 0) is 10.3 Å². The van der Waals surface area contributed by atoms with E-state index in [9.17, 15) is 0 Å². The standard InChI is InChI=1S/C6H9Cl3N4/c1-2-3-4-13-5(6(7,8)9)10-11-12-13/h2-4H2,1H3. The third-order valence-corrected chi connectivity index (χ3v) is 2.02. The Kier molecular flexibility index (Phi) is 3.76. The van der Waals surface area contributed by atoms with Gasteiger partial charge < -0.3 is 0 Å². The zero-order valence-corrected chi connectivity index (χ0v) is 9.31. The Balaban J connectivity index is 2.77. The van der Waals surface area contributed by atoms with Gasteiger partial charge in [0.25, 0.3) is 3.79 Å². The lowest BCUT2D eigenvalue weighted by molar-refractivity contribution is 0.535. The molecule has 0 fully saturated rings. The van der Waals surface area contributed by atoms with Gasteiger partial charge in [0.2, 0.25) is 5.82 Å². The van der Waals surface area contributed by atoms with Gasteiger partial charge in [-0.25, -0.2) is 4.68 Å². The number of tetrazole rings is 1. The largest absolute Gasteiger partial charge is 0.251 e. The highest BCUT2D eigenvalue weighted by Crippen LogP contribution is 2.36. The SMILES string of the molecule is CCCCn1nnnc1C(Cl)(Cl)Cl. The zero-order valence-electron chi connectivity index (χ0n) is 7.04. The van der Waals surface area contributed by atoms with Crippen molar-refractivity contribution in [2.24, 2.45) is 0 Å². The average Bonchev–Trinajstić information content (AvgIpc) is 2.47. The van der Waals surface area contributed by atoms with Crippen molar-refractivity contribution in [2.75, 3.05) is 0 Å². The molecular weight excluding hydrogens is 234 g/mol. The Hall–Kier alpha value is -0.0600. The first-order valence-electron chi connectivity index (χ1n) is 3.89. The van der Waals surface area contributed by atoms with E-state index in [1.54, 1.807) is 0 Å². The molecule has 1 rings (SSSR count). The number of hydrogen-bond acceptors (Lipinski definition) is 3. The summed E-state index contributed by atoms with van der Waals surface area (Å²) >= 11 is 17.0. The number of nitrogens with zero attached hydrogens (tertiary/aromatic N) is 4. The summed E-state index contributed by atoms with van der Waals surface area (Å²) in [5, 5.41) is 10.8. The van der Waals surface area contributed by atoms with Crippen LogP contribution in [0, 0.1) is 0 Å². The Morgan fingerprint density at radius 2 is 2.08 bits per heavy atom. The molecule has 0 aliphatic rings. The van der Waals surface area contributed by atoms with Gasteiger partial charge >= 0.3 is 0 Å². The molecule has 7 heteroatoms. The molecule has 0 spiro atoms. The van der Waals surface area contributed by atoms with E-state index in [-0.39, 0.29) is 5.82 Å². The van der Waals surface area contributed by atoms with E-state index in [1.165, 1.54) is 4.68 Å². The second-order valence-electron chi connectivity index (χ2n) is 2.58. The molecule has 0 unspecified atom stereocenters. The quantitative estimate of drug-likeness (QED) is 0.765. The van der Waals surface area contributed by atoms with Gasteiger partial charge in [-0.1, -0.05) is 48.1 Å². The summed E-state index contributed by atoms with van der Waals surface area (Å²) in [6.45, 7) is 2.74. The molecule has 13 heavy (non-hydrogen) atoms. The first kappa shape index (κ1) is 11.0. The predicted molar refractivity (Wildman–Crippen MR) is 52.0 cm³/mol. The van der Waals surface area contributed by atoms with E-state index in [0.717, 1.165) is 12.8 Å². The van der Waals surface area contributed by atoms with Crippen LogP contribution in [0.5, 0.6) is 0 Å². The summed E-state index contributed by atoms with van der Waals surface area (Å²) in [7, 11) is 0. The topological polar surface area (TPSA) is 43.6 Å². The highest BCUT2D eigenvalue weighted by molar-refractivity contribution is 6.66. The molecule has 0 bridgehead atoms. The molecule has 0 saturated heterocycles. The molecule has 1 aromatic rings. The van der Waals surface area contributed by atoms with E-state index in [0.29, 0.717) is 6.54 Å². The summed E-state index contributed by atoms with van der Waals surface area (Å²) in [5.74, 6) is 0.269. The van der Waals surface area contributed by atoms with E-state index >= 15 is 0 Å². The fourth-order valence-electron chi connectivity index (χ4n) is 0.866. The lowest BCUT2D eigenvalue weighted by atomic mass is 10.3. The summed E-state index contributed by atoms with van der Waals surface area (Å²) in [6.07, 6.45) is 2.00. The zero-order chi connectivity index (χ0) is 9.90. The van der Waals surface area contributed by atoms with Crippen molar-refractivity contribution in [2.45, 2.75) is 30.1 Å². The molecule has 0 aromatic carbocycles. The smallest absolute Gasteiger partial charge is 0.226 e. The first-order chi connectivity index (χ1) is 6.05. The van der Waals surface area contributed by atoms with Crippen LogP contribution in [0.3, 0.4) is 0 Å². The van der Waals surface area contributed by atoms with Crippen molar-refractivity contribution < 1.29 is 0 Å². The third-order valence-electron chi connectivity index (χ3n) is 1.51. The summed E-state index contributed by atoms with van der Waals surface area (Å²) in [5.41, 5.74) is 0. The number of hydrogen-bond donors (Lipinski definition) is 0.